The van der Waals surface area contributed by atoms with Crippen molar-refractivity contribution in [3.63, 3.8) is 0 Å². The van der Waals surface area contributed by atoms with Crippen molar-refractivity contribution >= 4 is 18.0 Å². The largest absolute Gasteiger partial charge is 0.480 e. The Kier molecular flexibility index (Phi) is 6.64. The number of amides is 2. The van der Waals surface area contributed by atoms with E-state index >= 15 is 0 Å². The van der Waals surface area contributed by atoms with Gasteiger partial charge in [-0.3, -0.25) is 4.79 Å². The minimum absolute atomic E-state index is 0.0764. The minimum atomic E-state index is -1.09. The number of hydrogen-bond donors (Lipinski definition) is 3. The third kappa shape index (κ3) is 4.70. The van der Waals surface area contributed by atoms with E-state index in [1.54, 1.807) is 0 Å². The highest BCUT2D eigenvalue weighted by Gasteiger charge is 2.35. The molecule has 0 saturated heterocycles. The molecular weight excluding hydrogens is 420 g/mol. The monoisotopic (exact) mass is 446 g/mol. The number of carbonyl (C=O) groups is 3. The highest BCUT2D eigenvalue weighted by atomic mass is 16.5. The molecule has 0 spiro atoms. The van der Waals surface area contributed by atoms with Gasteiger partial charge in [0, 0.05) is 12.3 Å². The van der Waals surface area contributed by atoms with Crippen molar-refractivity contribution in [2.75, 3.05) is 6.61 Å². The van der Waals surface area contributed by atoms with Crippen molar-refractivity contribution in [1.29, 1.82) is 0 Å². The minimum Gasteiger partial charge on any atom is -0.480 e. The predicted octanol–water partition coefficient (Wildman–Crippen LogP) is 3.29. The van der Waals surface area contributed by atoms with E-state index in [1.165, 1.54) is 0 Å². The topological polar surface area (TPSA) is 105 Å². The fourth-order valence-corrected chi connectivity index (χ4v) is 4.52. The summed E-state index contributed by atoms with van der Waals surface area (Å²) in [6.07, 6.45) is 6.95. The Hall–Kier alpha value is -3.79. The standard InChI is InChI=1S/C26H26N2O5/c1-2-8-22(24(29)28-23(25(30)31)16-9-7-10-16)27-26(32)33-15-21-19-13-5-3-11-17(19)18-12-4-6-14-20(18)21/h1,3-6,11-14,16,21-23H,7-10,15H2,(H,27,32)(H,28,29)(H,30,31). The lowest BCUT2D eigenvalue weighted by Crippen LogP contribution is -2.54. The summed E-state index contributed by atoms with van der Waals surface area (Å²) in [6, 6.07) is 13.9. The number of hydrogen-bond acceptors (Lipinski definition) is 4. The zero-order valence-electron chi connectivity index (χ0n) is 18.1. The average Bonchev–Trinajstić information content (AvgIpc) is 3.09. The molecule has 0 aliphatic heterocycles. The van der Waals surface area contributed by atoms with Gasteiger partial charge in [-0.1, -0.05) is 55.0 Å². The zero-order chi connectivity index (χ0) is 23.4. The second kappa shape index (κ2) is 9.78. The molecule has 4 rings (SSSR count). The summed E-state index contributed by atoms with van der Waals surface area (Å²) in [7, 11) is 0. The Morgan fingerprint density at radius 1 is 1.03 bits per heavy atom. The van der Waals surface area contributed by atoms with Crippen molar-refractivity contribution in [1.82, 2.24) is 10.6 Å². The van der Waals surface area contributed by atoms with E-state index in [4.69, 9.17) is 11.2 Å². The fourth-order valence-electron chi connectivity index (χ4n) is 4.52. The third-order valence-electron chi connectivity index (χ3n) is 6.46. The number of alkyl carbamates (subject to hydrolysis) is 1. The van der Waals surface area contributed by atoms with Gasteiger partial charge in [0.25, 0.3) is 0 Å². The average molecular weight is 447 g/mol. The highest BCUT2D eigenvalue weighted by molar-refractivity contribution is 5.89. The zero-order valence-corrected chi connectivity index (χ0v) is 18.1. The first-order chi connectivity index (χ1) is 16.0. The predicted molar refractivity (Wildman–Crippen MR) is 122 cm³/mol. The summed E-state index contributed by atoms with van der Waals surface area (Å²) in [6.45, 7) is 0.101. The van der Waals surface area contributed by atoms with Gasteiger partial charge in [-0.05, 0) is 41.0 Å². The molecule has 1 fully saturated rings. The number of rotatable bonds is 8. The molecule has 3 N–H and O–H groups in total. The molecule has 0 heterocycles. The SMILES string of the molecule is C#CCC(NC(=O)OCC1c2ccccc2-c2ccccc21)C(=O)NC(C(=O)O)C1CCC1. The number of terminal acetylenes is 1. The molecule has 0 aromatic heterocycles. The van der Waals surface area contributed by atoms with Gasteiger partial charge in [0.15, 0.2) is 0 Å². The van der Waals surface area contributed by atoms with Crippen LogP contribution in [0.2, 0.25) is 0 Å². The first kappa shape index (κ1) is 22.4. The van der Waals surface area contributed by atoms with Crippen molar-refractivity contribution in [3.8, 4) is 23.5 Å². The van der Waals surface area contributed by atoms with Gasteiger partial charge in [0.1, 0.15) is 18.7 Å². The van der Waals surface area contributed by atoms with Crippen LogP contribution in [-0.2, 0) is 14.3 Å². The van der Waals surface area contributed by atoms with Crippen LogP contribution < -0.4 is 10.6 Å². The number of carboxylic acids is 1. The van der Waals surface area contributed by atoms with Crippen molar-refractivity contribution in [2.24, 2.45) is 5.92 Å². The second-order valence-electron chi connectivity index (χ2n) is 8.45. The lowest BCUT2D eigenvalue weighted by atomic mass is 9.79. The van der Waals surface area contributed by atoms with Crippen molar-refractivity contribution < 1.29 is 24.2 Å². The Morgan fingerprint density at radius 3 is 2.15 bits per heavy atom. The van der Waals surface area contributed by atoms with Gasteiger partial charge in [-0.2, -0.15) is 0 Å². The quantitative estimate of drug-likeness (QED) is 0.540. The number of carboxylic acid groups (broad SMARTS) is 1. The van der Waals surface area contributed by atoms with Crippen molar-refractivity contribution in [2.45, 2.75) is 43.7 Å². The van der Waals surface area contributed by atoms with Crippen LogP contribution in [0.3, 0.4) is 0 Å². The summed E-state index contributed by atoms with van der Waals surface area (Å²) >= 11 is 0. The molecule has 2 aromatic carbocycles. The maximum absolute atomic E-state index is 12.7. The van der Waals surface area contributed by atoms with E-state index in [9.17, 15) is 19.5 Å². The maximum atomic E-state index is 12.7. The van der Waals surface area contributed by atoms with Crippen LogP contribution in [-0.4, -0.2) is 41.8 Å². The molecule has 2 amide bonds. The fraction of sp³-hybridized carbons (Fsp3) is 0.346. The molecule has 0 bridgehead atoms. The molecule has 2 aromatic rings. The van der Waals surface area contributed by atoms with E-state index in [1.807, 2.05) is 48.5 Å². The maximum Gasteiger partial charge on any atom is 0.407 e. The van der Waals surface area contributed by atoms with Crippen LogP contribution >= 0.6 is 0 Å². The van der Waals surface area contributed by atoms with Crippen LogP contribution in [0.1, 0.15) is 42.7 Å². The number of ether oxygens (including phenoxy) is 1. The number of benzene rings is 2. The van der Waals surface area contributed by atoms with Crippen LogP contribution in [0.5, 0.6) is 0 Å². The van der Waals surface area contributed by atoms with Gasteiger partial charge >= 0.3 is 12.1 Å². The van der Waals surface area contributed by atoms with Gasteiger partial charge in [0.2, 0.25) is 5.91 Å². The van der Waals surface area contributed by atoms with Gasteiger partial charge < -0.3 is 20.5 Å². The van der Waals surface area contributed by atoms with Gasteiger partial charge in [-0.15, -0.1) is 12.3 Å². The Labute approximate surface area is 192 Å². The van der Waals surface area contributed by atoms with Crippen LogP contribution in [0, 0.1) is 18.3 Å². The number of aliphatic carboxylic acids is 1. The summed E-state index contributed by atoms with van der Waals surface area (Å²) in [5.74, 6) is 0.428. The molecule has 0 radical (unpaired) electrons. The molecule has 1 saturated carbocycles. The smallest absolute Gasteiger partial charge is 0.407 e. The lowest BCUT2D eigenvalue weighted by Gasteiger charge is -2.32. The Bertz CT molecular complexity index is 1060. The van der Waals surface area contributed by atoms with Crippen LogP contribution in [0.4, 0.5) is 4.79 Å². The molecule has 2 aliphatic carbocycles. The second-order valence-corrected chi connectivity index (χ2v) is 8.45. The number of fused-ring (bicyclic) bond motifs is 3. The summed E-state index contributed by atoms with van der Waals surface area (Å²) in [5.41, 5.74) is 4.38. The number of nitrogens with one attached hydrogen (secondary N) is 2. The molecule has 2 atom stereocenters. The Morgan fingerprint density at radius 2 is 1.64 bits per heavy atom. The van der Waals surface area contributed by atoms with E-state index < -0.39 is 30.1 Å². The van der Waals surface area contributed by atoms with Crippen LogP contribution in [0.25, 0.3) is 11.1 Å². The molecule has 33 heavy (non-hydrogen) atoms. The lowest BCUT2D eigenvalue weighted by molar-refractivity contribution is -0.144. The van der Waals surface area contributed by atoms with Gasteiger partial charge in [-0.25, -0.2) is 9.59 Å². The van der Waals surface area contributed by atoms with E-state index in [-0.39, 0.29) is 24.9 Å². The molecule has 7 nitrogen and oxygen atoms in total. The highest BCUT2D eigenvalue weighted by Crippen LogP contribution is 2.44. The molecular formula is C26H26N2O5. The normalized spacial score (nSPS) is 16.3. The van der Waals surface area contributed by atoms with Gasteiger partial charge in [0.05, 0.1) is 0 Å². The third-order valence-corrected chi connectivity index (χ3v) is 6.46. The summed E-state index contributed by atoms with van der Waals surface area (Å²) in [5, 5.41) is 14.5. The molecule has 2 unspecified atom stereocenters. The summed E-state index contributed by atoms with van der Waals surface area (Å²) in [4.78, 5) is 36.8. The molecule has 2 aliphatic rings. The van der Waals surface area contributed by atoms with E-state index in [0.29, 0.717) is 0 Å². The first-order valence-corrected chi connectivity index (χ1v) is 11.1. The molecule has 7 heteroatoms. The van der Waals surface area contributed by atoms with Crippen molar-refractivity contribution in [3.05, 3.63) is 59.7 Å². The number of carbonyl (C=O) groups excluding carboxylic acids is 2. The van der Waals surface area contributed by atoms with E-state index in [2.05, 4.69) is 16.6 Å². The van der Waals surface area contributed by atoms with Crippen LogP contribution in [0.15, 0.2) is 48.5 Å². The Balaban J connectivity index is 1.39. The first-order valence-electron chi connectivity index (χ1n) is 11.1. The van der Waals surface area contributed by atoms with E-state index in [0.717, 1.165) is 41.5 Å². The summed E-state index contributed by atoms with van der Waals surface area (Å²) < 4.78 is 5.48. The molecule has 170 valence electrons.